The Bertz CT molecular complexity index is 145. The van der Waals surface area contributed by atoms with Crippen LogP contribution in [0.25, 0.3) is 0 Å². The Labute approximate surface area is 94.7 Å². The number of hydrogen-bond acceptors (Lipinski definition) is 2. The predicted octanol–water partition coefficient (Wildman–Crippen LogP) is 2.66. The lowest BCUT2D eigenvalue weighted by molar-refractivity contribution is 0.251. The molecule has 0 aliphatic heterocycles. The standard InChI is InChI=1S/C13H27NO/c1-2-9-14(12-13-7-8-13)10-5-3-4-6-11-15/h13,15H,2-12H2,1H3. The minimum absolute atomic E-state index is 0.362. The zero-order chi connectivity index (χ0) is 10.9. The largest absolute Gasteiger partial charge is 0.396 e. The Kier molecular flexibility index (Phi) is 7.03. The van der Waals surface area contributed by atoms with Crippen molar-refractivity contribution in [2.45, 2.75) is 51.9 Å². The fraction of sp³-hybridized carbons (Fsp3) is 1.00. The van der Waals surface area contributed by atoms with Crippen LogP contribution in [0.4, 0.5) is 0 Å². The average molecular weight is 213 g/mol. The van der Waals surface area contributed by atoms with E-state index in [1.807, 2.05) is 0 Å². The van der Waals surface area contributed by atoms with Gasteiger partial charge in [0.2, 0.25) is 0 Å². The van der Waals surface area contributed by atoms with E-state index >= 15 is 0 Å². The van der Waals surface area contributed by atoms with Gasteiger partial charge in [-0.2, -0.15) is 0 Å². The van der Waals surface area contributed by atoms with Crippen molar-refractivity contribution >= 4 is 0 Å². The van der Waals surface area contributed by atoms with Crippen LogP contribution in [0.15, 0.2) is 0 Å². The van der Waals surface area contributed by atoms with E-state index in [9.17, 15) is 0 Å². The van der Waals surface area contributed by atoms with Gasteiger partial charge in [-0.1, -0.05) is 19.8 Å². The number of nitrogens with zero attached hydrogens (tertiary/aromatic N) is 1. The van der Waals surface area contributed by atoms with E-state index in [1.54, 1.807) is 0 Å². The van der Waals surface area contributed by atoms with Crippen molar-refractivity contribution in [2.75, 3.05) is 26.2 Å². The number of aliphatic hydroxyl groups excluding tert-OH is 1. The summed E-state index contributed by atoms with van der Waals surface area (Å²) < 4.78 is 0. The number of hydrogen-bond donors (Lipinski definition) is 1. The highest BCUT2D eigenvalue weighted by Crippen LogP contribution is 2.29. The van der Waals surface area contributed by atoms with Crippen molar-refractivity contribution in [3.05, 3.63) is 0 Å². The fourth-order valence-corrected chi connectivity index (χ4v) is 2.08. The van der Waals surface area contributed by atoms with Crippen molar-refractivity contribution in [1.29, 1.82) is 0 Å². The molecule has 0 radical (unpaired) electrons. The van der Waals surface area contributed by atoms with Crippen LogP contribution in [0.5, 0.6) is 0 Å². The summed E-state index contributed by atoms with van der Waals surface area (Å²) in [7, 11) is 0. The summed E-state index contributed by atoms with van der Waals surface area (Å²) in [6, 6.07) is 0. The zero-order valence-corrected chi connectivity index (χ0v) is 10.2. The molecule has 0 saturated heterocycles. The molecule has 1 aliphatic carbocycles. The molecule has 0 aromatic heterocycles. The molecule has 0 spiro atoms. The Hall–Kier alpha value is -0.0800. The first-order valence-electron chi connectivity index (χ1n) is 6.70. The molecule has 1 rings (SSSR count). The lowest BCUT2D eigenvalue weighted by atomic mass is 10.2. The smallest absolute Gasteiger partial charge is 0.0431 e. The maximum atomic E-state index is 8.68. The van der Waals surface area contributed by atoms with Crippen molar-refractivity contribution in [3.63, 3.8) is 0 Å². The lowest BCUT2D eigenvalue weighted by Crippen LogP contribution is -2.28. The van der Waals surface area contributed by atoms with Gasteiger partial charge >= 0.3 is 0 Å². The van der Waals surface area contributed by atoms with E-state index in [4.69, 9.17) is 5.11 Å². The van der Waals surface area contributed by atoms with Gasteiger partial charge in [0.25, 0.3) is 0 Å². The monoisotopic (exact) mass is 213 g/mol. The van der Waals surface area contributed by atoms with Gasteiger partial charge < -0.3 is 10.0 Å². The van der Waals surface area contributed by atoms with E-state index in [2.05, 4.69) is 11.8 Å². The summed E-state index contributed by atoms with van der Waals surface area (Å²) in [5.74, 6) is 1.02. The molecule has 0 amide bonds. The first kappa shape index (κ1) is 13.0. The molecule has 0 heterocycles. The summed E-state index contributed by atoms with van der Waals surface area (Å²) in [6.07, 6.45) is 8.98. The lowest BCUT2D eigenvalue weighted by Gasteiger charge is -2.21. The number of unbranched alkanes of at least 4 members (excludes halogenated alkanes) is 3. The summed E-state index contributed by atoms with van der Waals surface area (Å²) in [5, 5.41) is 8.68. The molecule has 0 bridgehead atoms. The van der Waals surface area contributed by atoms with E-state index in [1.165, 1.54) is 58.2 Å². The molecule has 1 fully saturated rings. The van der Waals surface area contributed by atoms with Crippen molar-refractivity contribution in [2.24, 2.45) is 5.92 Å². The summed E-state index contributed by atoms with van der Waals surface area (Å²) in [4.78, 5) is 2.64. The Morgan fingerprint density at radius 2 is 1.80 bits per heavy atom. The fourth-order valence-electron chi connectivity index (χ4n) is 2.08. The third-order valence-electron chi connectivity index (χ3n) is 3.14. The summed E-state index contributed by atoms with van der Waals surface area (Å²) in [6.45, 7) is 6.52. The topological polar surface area (TPSA) is 23.5 Å². The van der Waals surface area contributed by atoms with E-state index in [-0.39, 0.29) is 0 Å². The molecule has 0 atom stereocenters. The van der Waals surface area contributed by atoms with Crippen LogP contribution >= 0.6 is 0 Å². The first-order chi connectivity index (χ1) is 7.36. The maximum absolute atomic E-state index is 8.68. The van der Waals surface area contributed by atoms with Crippen LogP contribution in [0.3, 0.4) is 0 Å². The molecule has 15 heavy (non-hydrogen) atoms. The van der Waals surface area contributed by atoms with E-state index in [0.29, 0.717) is 6.61 Å². The Morgan fingerprint density at radius 3 is 2.40 bits per heavy atom. The molecule has 90 valence electrons. The van der Waals surface area contributed by atoms with Crippen LogP contribution < -0.4 is 0 Å². The van der Waals surface area contributed by atoms with Gasteiger partial charge in [0.15, 0.2) is 0 Å². The second kappa shape index (κ2) is 8.12. The van der Waals surface area contributed by atoms with Crippen LogP contribution in [0.2, 0.25) is 0 Å². The summed E-state index contributed by atoms with van der Waals surface area (Å²) >= 11 is 0. The zero-order valence-electron chi connectivity index (χ0n) is 10.2. The third kappa shape index (κ3) is 6.91. The van der Waals surface area contributed by atoms with Crippen molar-refractivity contribution < 1.29 is 5.11 Å². The second-order valence-corrected chi connectivity index (χ2v) is 4.88. The van der Waals surface area contributed by atoms with Crippen LogP contribution in [0, 0.1) is 5.92 Å². The van der Waals surface area contributed by atoms with Gasteiger partial charge in [0.05, 0.1) is 0 Å². The van der Waals surface area contributed by atoms with Crippen molar-refractivity contribution in [3.8, 4) is 0 Å². The molecule has 2 heteroatoms. The van der Waals surface area contributed by atoms with E-state index in [0.717, 1.165) is 12.3 Å². The highest BCUT2D eigenvalue weighted by molar-refractivity contribution is 4.77. The normalized spacial score (nSPS) is 16.2. The average Bonchev–Trinajstić information content (AvgIpc) is 3.01. The van der Waals surface area contributed by atoms with Crippen LogP contribution in [0.1, 0.15) is 51.9 Å². The highest BCUT2D eigenvalue weighted by atomic mass is 16.2. The summed E-state index contributed by atoms with van der Waals surface area (Å²) in [5.41, 5.74) is 0. The molecule has 1 aliphatic rings. The van der Waals surface area contributed by atoms with Gasteiger partial charge in [-0.15, -0.1) is 0 Å². The second-order valence-electron chi connectivity index (χ2n) is 4.88. The first-order valence-corrected chi connectivity index (χ1v) is 6.70. The van der Waals surface area contributed by atoms with Gasteiger partial charge in [0.1, 0.15) is 0 Å². The minimum Gasteiger partial charge on any atom is -0.396 e. The minimum atomic E-state index is 0.362. The van der Waals surface area contributed by atoms with E-state index < -0.39 is 0 Å². The number of aliphatic hydroxyl groups is 1. The molecule has 0 aromatic rings. The quantitative estimate of drug-likeness (QED) is 0.564. The van der Waals surface area contributed by atoms with Gasteiger partial charge in [0, 0.05) is 13.2 Å². The molecule has 1 N–H and O–H groups in total. The maximum Gasteiger partial charge on any atom is 0.0431 e. The Balaban J connectivity index is 1.97. The SMILES string of the molecule is CCCN(CCCCCCO)CC1CC1. The third-order valence-corrected chi connectivity index (χ3v) is 3.14. The highest BCUT2D eigenvalue weighted by Gasteiger charge is 2.23. The molecular formula is C13H27NO. The van der Waals surface area contributed by atoms with Crippen molar-refractivity contribution in [1.82, 2.24) is 4.90 Å². The molecule has 0 aromatic carbocycles. The predicted molar refractivity (Wildman–Crippen MR) is 65.0 cm³/mol. The Morgan fingerprint density at radius 1 is 1.07 bits per heavy atom. The molecule has 1 saturated carbocycles. The molecular weight excluding hydrogens is 186 g/mol. The van der Waals surface area contributed by atoms with Crippen LogP contribution in [-0.4, -0.2) is 36.2 Å². The van der Waals surface area contributed by atoms with Gasteiger partial charge in [-0.25, -0.2) is 0 Å². The molecule has 0 unspecified atom stereocenters. The van der Waals surface area contributed by atoms with Gasteiger partial charge in [-0.05, 0) is 51.1 Å². The number of rotatable bonds is 10. The molecule has 2 nitrogen and oxygen atoms in total. The van der Waals surface area contributed by atoms with Gasteiger partial charge in [-0.3, -0.25) is 0 Å². The van der Waals surface area contributed by atoms with Crippen LogP contribution in [-0.2, 0) is 0 Å².